The Hall–Kier alpha value is -3.39. The Kier molecular flexibility index (Phi) is 7.42. The van der Waals surface area contributed by atoms with Crippen molar-refractivity contribution in [3.63, 3.8) is 0 Å². The lowest BCUT2D eigenvalue weighted by Gasteiger charge is -2.34. The summed E-state index contributed by atoms with van der Waals surface area (Å²) in [6.45, 7) is -0.732. The minimum Gasteiger partial charge on any atom is -0.415 e. The molecule has 1 aliphatic rings. The minimum absolute atomic E-state index is 0.0501. The summed E-state index contributed by atoms with van der Waals surface area (Å²) in [5.74, 6) is -5.03. The molecule has 1 aliphatic heterocycles. The molecule has 0 aliphatic carbocycles. The number of imidazole rings is 1. The maximum absolute atomic E-state index is 13.6. The Morgan fingerprint density at radius 2 is 1.79 bits per heavy atom. The predicted octanol–water partition coefficient (Wildman–Crippen LogP) is 5.42. The minimum atomic E-state index is -4.10. The maximum atomic E-state index is 13.6. The van der Waals surface area contributed by atoms with Gasteiger partial charge in [0.1, 0.15) is 0 Å². The molecule has 8 nitrogen and oxygen atoms in total. The quantitative estimate of drug-likeness (QED) is 0.261. The molecule has 0 unspecified atom stereocenters. The molecule has 1 aromatic carbocycles. The fourth-order valence-corrected chi connectivity index (χ4v) is 4.87. The molecule has 208 valence electrons. The maximum Gasteiger partial charge on any atom is 0.329 e. The Morgan fingerprint density at radius 1 is 1.05 bits per heavy atom. The number of alkyl halides is 6. The number of likely N-dealkylation sites (tertiary alicyclic amines) is 1. The zero-order valence-corrected chi connectivity index (χ0v) is 20.8. The molecule has 0 amide bonds. The summed E-state index contributed by atoms with van der Waals surface area (Å²) in [7, 11) is 0. The third kappa shape index (κ3) is 5.53. The van der Waals surface area contributed by atoms with Crippen LogP contribution in [0.25, 0.3) is 22.5 Å². The summed E-state index contributed by atoms with van der Waals surface area (Å²) in [6, 6.07) is 7.76. The largest absolute Gasteiger partial charge is 0.415 e. The van der Waals surface area contributed by atoms with E-state index in [2.05, 4.69) is 15.2 Å². The summed E-state index contributed by atoms with van der Waals surface area (Å²) in [4.78, 5) is 19.2. The number of pyridine rings is 1. The molecule has 0 spiro atoms. The number of benzene rings is 1. The number of hydrogen-bond acceptors (Lipinski definition) is 6. The number of aromatic nitrogens is 5. The Morgan fingerprint density at radius 3 is 2.41 bits per heavy atom. The Balaban J connectivity index is 1.39. The van der Waals surface area contributed by atoms with Crippen LogP contribution in [-0.4, -0.2) is 61.2 Å². The van der Waals surface area contributed by atoms with Crippen LogP contribution in [0.3, 0.4) is 0 Å². The first-order valence-electron chi connectivity index (χ1n) is 11.9. The molecule has 0 bridgehead atoms. The highest BCUT2D eigenvalue weighted by Gasteiger charge is 2.43. The Labute approximate surface area is 221 Å². The molecular weight excluding hydrogens is 554 g/mol. The second kappa shape index (κ2) is 10.6. The van der Waals surface area contributed by atoms with E-state index in [9.17, 15) is 31.1 Å². The third-order valence-electron chi connectivity index (χ3n) is 6.62. The van der Waals surface area contributed by atoms with Crippen LogP contribution in [0.1, 0.15) is 36.9 Å². The van der Waals surface area contributed by atoms with Crippen molar-refractivity contribution in [2.75, 3.05) is 19.6 Å². The highest BCUT2D eigenvalue weighted by atomic mass is 35.5. The lowest BCUT2D eigenvalue weighted by Crippen LogP contribution is -2.46. The molecule has 0 saturated carbocycles. The zero-order chi connectivity index (χ0) is 27.9. The lowest BCUT2D eigenvalue weighted by molar-refractivity contribution is -0.144. The summed E-state index contributed by atoms with van der Waals surface area (Å²) >= 11 is 6.20. The van der Waals surface area contributed by atoms with Gasteiger partial charge in [-0.05, 0) is 43.2 Å². The van der Waals surface area contributed by atoms with Crippen LogP contribution in [0, 0.1) is 0 Å². The van der Waals surface area contributed by atoms with E-state index in [1.165, 1.54) is 15.7 Å². The van der Waals surface area contributed by atoms with E-state index in [-0.39, 0.29) is 37.3 Å². The van der Waals surface area contributed by atoms with Gasteiger partial charge in [0.05, 0.1) is 35.4 Å². The van der Waals surface area contributed by atoms with E-state index in [1.54, 1.807) is 34.9 Å². The summed E-state index contributed by atoms with van der Waals surface area (Å²) in [5, 5.41) is 7.26. The van der Waals surface area contributed by atoms with Crippen molar-refractivity contribution in [2.45, 2.75) is 44.2 Å². The van der Waals surface area contributed by atoms with Crippen molar-refractivity contribution in [3.8, 4) is 11.5 Å². The fraction of sp³-hybridized carbons (Fsp3) is 0.417. The number of nitrogens with zero attached hydrogens (tertiary/aromatic N) is 6. The van der Waals surface area contributed by atoms with Crippen LogP contribution in [0.2, 0.25) is 5.02 Å². The molecule has 4 heterocycles. The monoisotopic (exact) mass is 574 g/mol. The van der Waals surface area contributed by atoms with Gasteiger partial charge in [-0.3, -0.25) is 19.0 Å². The van der Waals surface area contributed by atoms with Gasteiger partial charge < -0.3 is 4.42 Å². The number of hydrogen-bond donors (Lipinski definition) is 0. The van der Waals surface area contributed by atoms with Gasteiger partial charge in [-0.2, -0.15) is 17.6 Å². The molecule has 4 aromatic rings. The van der Waals surface area contributed by atoms with Gasteiger partial charge in [0.25, 0.3) is 5.89 Å². The lowest BCUT2D eigenvalue weighted by atomic mass is 10.0. The van der Waals surface area contributed by atoms with E-state index in [4.69, 9.17) is 16.0 Å². The predicted molar refractivity (Wildman–Crippen MR) is 128 cm³/mol. The highest BCUT2D eigenvalue weighted by Crippen LogP contribution is 2.31. The molecule has 5 rings (SSSR count). The van der Waals surface area contributed by atoms with Crippen molar-refractivity contribution >= 4 is 22.6 Å². The molecule has 15 heteroatoms. The smallest absolute Gasteiger partial charge is 0.329 e. The van der Waals surface area contributed by atoms with Crippen LogP contribution < -0.4 is 5.69 Å². The number of fused-ring (bicyclic) bond motifs is 1. The topological polar surface area (TPSA) is 82.0 Å². The Bertz CT molecular complexity index is 1510. The standard InChI is InChI=1S/C24H21ClF6N6O2/c25-14-2-4-17-18(9-14)36(11-15-3-1-13(10-32-15)20-33-34-21(39-20)19(26)27)23(38)37(17)16-5-7-35(8-6-16)12-24(30,31)22(28)29/h1-4,9-10,16,19,22H,5-8,11-12H2. The van der Waals surface area contributed by atoms with Crippen LogP contribution >= 0.6 is 11.6 Å². The first-order chi connectivity index (χ1) is 18.5. The second-order valence-corrected chi connectivity index (χ2v) is 9.66. The molecular formula is C24H21ClF6N6O2. The molecule has 0 radical (unpaired) electrons. The number of halogens is 7. The van der Waals surface area contributed by atoms with E-state index in [0.717, 1.165) is 0 Å². The average Bonchev–Trinajstić information content (AvgIpc) is 3.49. The molecule has 3 aromatic heterocycles. The van der Waals surface area contributed by atoms with Crippen LogP contribution in [0.4, 0.5) is 26.3 Å². The fourth-order valence-electron chi connectivity index (χ4n) is 4.71. The van der Waals surface area contributed by atoms with Crippen molar-refractivity contribution in [1.82, 2.24) is 29.2 Å². The normalized spacial score (nSPS) is 15.7. The summed E-state index contributed by atoms with van der Waals surface area (Å²) in [5.41, 5.74) is 1.54. The third-order valence-corrected chi connectivity index (χ3v) is 6.85. The van der Waals surface area contributed by atoms with Crippen LogP contribution in [0.5, 0.6) is 0 Å². The van der Waals surface area contributed by atoms with Gasteiger partial charge in [-0.25, -0.2) is 13.6 Å². The number of piperidine rings is 1. The van der Waals surface area contributed by atoms with E-state index < -0.39 is 31.2 Å². The van der Waals surface area contributed by atoms with Gasteiger partial charge in [0.15, 0.2) is 0 Å². The second-order valence-electron chi connectivity index (χ2n) is 9.23. The summed E-state index contributed by atoms with van der Waals surface area (Å²) in [6.07, 6.45) is -4.65. The van der Waals surface area contributed by atoms with Gasteiger partial charge >= 0.3 is 24.5 Å². The van der Waals surface area contributed by atoms with E-state index in [1.807, 2.05) is 0 Å². The molecule has 0 N–H and O–H groups in total. The van der Waals surface area contributed by atoms with Gasteiger partial charge in [-0.1, -0.05) is 11.6 Å². The molecule has 1 fully saturated rings. The van der Waals surface area contributed by atoms with Crippen molar-refractivity contribution < 1.29 is 30.8 Å². The van der Waals surface area contributed by atoms with Crippen molar-refractivity contribution in [2.24, 2.45) is 0 Å². The van der Waals surface area contributed by atoms with Gasteiger partial charge in [0, 0.05) is 30.4 Å². The molecule has 39 heavy (non-hydrogen) atoms. The van der Waals surface area contributed by atoms with Gasteiger partial charge in [0.2, 0.25) is 5.89 Å². The van der Waals surface area contributed by atoms with Crippen LogP contribution in [0.15, 0.2) is 45.7 Å². The van der Waals surface area contributed by atoms with E-state index >= 15 is 0 Å². The SMILES string of the molecule is O=c1n(Cc2ccc(-c3nnc(C(F)F)o3)cn2)c2cc(Cl)ccc2n1C1CCN(CC(F)(F)C(F)F)CC1. The van der Waals surface area contributed by atoms with Crippen molar-refractivity contribution in [1.29, 1.82) is 0 Å². The summed E-state index contributed by atoms with van der Waals surface area (Å²) < 4.78 is 85.7. The molecule has 0 atom stereocenters. The van der Waals surface area contributed by atoms with E-state index in [0.29, 0.717) is 40.2 Å². The first kappa shape index (κ1) is 27.2. The number of rotatable bonds is 8. The first-order valence-corrected chi connectivity index (χ1v) is 12.3. The molecule has 1 saturated heterocycles. The average molecular weight is 575 g/mol. The van der Waals surface area contributed by atoms with Gasteiger partial charge in [-0.15, -0.1) is 10.2 Å². The highest BCUT2D eigenvalue weighted by molar-refractivity contribution is 6.31. The zero-order valence-electron chi connectivity index (χ0n) is 20.1. The van der Waals surface area contributed by atoms with Crippen LogP contribution in [-0.2, 0) is 6.54 Å². The van der Waals surface area contributed by atoms with Crippen molar-refractivity contribution in [3.05, 3.63) is 63.6 Å².